The molecule has 0 unspecified atom stereocenters. The van der Waals surface area contributed by atoms with Crippen LogP contribution in [0.4, 0.5) is 0 Å². The van der Waals surface area contributed by atoms with Gasteiger partial charge >= 0.3 is 0 Å². The van der Waals surface area contributed by atoms with Gasteiger partial charge in [0.05, 0.1) is 18.0 Å². The summed E-state index contributed by atoms with van der Waals surface area (Å²) >= 11 is 0. The van der Waals surface area contributed by atoms with E-state index in [1.54, 1.807) is 6.26 Å². The molecule has 0 fully saturated rings. The van der Waals surface area contributed by atoms with E-state index in [0.29, 0.717) is 5.92 Å². The number of nitrogens with zero attached hydrogens (tertiary/aromatic N) is 2. The number of hydrogen-bond acceptors (Lipinski definition) is 2. The highest BCUT2D eigenvalue weighted by Gasteiger charge is 2.04. The monoisotopic (exact) mass is 190 g/mol. The lowest BCUT2D eigenvalue weighted by atomic mass is 10.2. The molecule has 0 aliphatic carbocycles. The molecule has 0 radical (unpaired) electrons. The maximum absolute atomic E-state index is 5.28. The largest absolute Gasteiger partial charge is 0.464 e. The van der Waals surface area contributed by atoms with E-state index >= 15 is 0 Å². The molecule has 2 rings (SSSR count). The Morgan fingerprint density at radius 1 is 1.50 bits per heavy atom. The minimum absolute atomic E-state index is 0.611. The van der Waals surface area contributed by atoms with Crippen LogP contribution >= 0.6 is 0 Å². The Morgan fingerprint density at radius 2 is 2.36 bits per heavy atom. The first kappa shape index (κ1) is 9.06. The lowest BCUT2D eigenvalue weighted by molar-refractivity contribution is 0.483. The van der Waals surface area contributed by atoms with Crippen LogP contribution in [0.3, 0.4) is 0 Å². The fourth-order valence-corrected chi connectivity index (χ4v) is 1.41. The minimum Gasteiger partial charge on any atom is -0.464 e. The van der Waals surface area contributed by atoms with Gasteiger partial charge in [0, 0.05) is 12.7 Å². The van der Waals surface area contributed by atoms with Crippen LogP contribution < -0.4 is 0 Å². The molecule has 2 heterocycles. The Labute approximate surface area is 83.3 Å². The summed E-state index contributed by atoms with van der Waals surface area (Å²) in [6.07, 6.45) is 5.52. The van der Waals surface area contributed by atoms with Crippen LogP contribution in [0.1, 0.15) is 13.8 Å². The van der Waals surface area contributed by atoms with Crippen molar-refractivity contribution >= 4 is 0 Å². The van der Waals surface area contributed by atoms with E-state index in [-0.39, 0.29) is 0 Å². The van der Waals surface area contributed by atoms with Crippen molar-refractivity contribution in [1.29, 1.82) is 0 Å². The topological polar surface area (TPSA) is 31.0 Å². The number of hydrogen-bond donors (Lipinski definition) is 0. The van der Waals surface area contributed by atoms with Gasteiger partial charge in [-0.15, -0.1) is 0 Å². The molecule has 0 amide bonds. The Bertz CT molecular complexity index is 387. The molecule has 0 spiro atoms. The van der Waals surface area contributed by atoms with E-state index in [4.69, 9.17) is 4.42 Å². The summed E-state index contributed by atoms with van der Waals surface area (Å²) < 4.78 is 7.23. The highest BCUT2D eigenvalue weighted by Crippen LogP contribution is 2.18. The zero-order valence-corrected chi connectivity index (χ0v) is 8.47. The van der Waals surface area contributed by atoms with Gasteiger partial charge in [-0.3, -0.25) is 4.68 Å². The van der Waals surface area contributed by atoms with Crippen molar-refractivity contribution < 1.29 is 4.42 Å². The van der Waals surface area contributed by atoms with Gasteiger partial charge in [0.25, 0.3) is 0 Å². The molecular formula is C11H14N2O. The van der Waals surface area contributed by atoms with Gasteiger partial charge in [0.1, 0.15) is 5.76 Å². The fourth-order valence-electron chi connectivity index (χ4n) is 1.41. The second kappa shape index (κ2) is 3.70. The van der Waals surface area contributed by atoms with Crippen molar-refractivity contribution in [2.75, 3.05) is 0 Å². The van der Waals surface area contributed by atoms with E-state index in [9.17, 15) is 0 Å². The van der Waals surface area contributed by atoms with Gasteiger partial charge in [-0.1, -0.05) is 13.8 Å². The SMILES string of the molecule is CC(C)Cn1cc(-c2ccco2)cn1. The molecular weight excluding hydrogens is 176 g/mol. The molecule has 14 heavy (non-hydrogen) atoms. The summed E-state index contributed by atoms with van der Waals surface area (Å²) in [6.45, 7) is 5.29. The Morgan fingerprint density at radius 3 is 3.00 bits per heavy atom. The van der Waals surface area contributed by atoms with E-state index in [1.165, 1.54) is 0 Å². The first-order valence-electron chi connectivity index (χ1n) is 4.82. The van der Waals surface area contributed by atoms with Crippen LogP contribution in [-0.2, 0) is 6.54 Å². The third-order valence-corrected chi connectivity index (χ3v) is 1.99. The van der Waals surface area contributed by atoms with E-state index < -0.39 is 0 Å². The second-order valence-corrected chi connectivity index (χ2v) is 3.82. The molecule has 0 saturated carbocycles. The average molecular weight is 190 g/mol. The normalized spacial score (nSPS) is 11.1. The van der Waals surface area contributed by atoms with Crippen molar-refractivity contribution in [2.45, 2.75) is 20.4 Å². The predicted octanol–water partition coefficient (Wildman–Crippen LogP) is 2.80. The van der Waals surface area contributed by atoms with Crippen LogP contribution in [-0.4, -0.2) is 9.78 Å². The highest BCUT2D eigenvalue weighted by molar-refractivity contribution is 5.54. The summed E-state index contributed by atoms with van der Waals surface area (Å²) in [6, 6.07) is 3.83. The average Bonchev–Trinajstić information content (AvgIpc) is 2.69. The molecule has 3 nitrogen and oxygen atoms in total. The fraction of sp³-hybridized carbons (Fsp3) is 0.364. The molecule has 3 heteroatoms. The quantitative estimate of drug-likeness (QED) is 0.745. The van der Waals surface area contributed by atoms with Gasteiger partial charge in [0.15, 0.2) is 0 Å². The standard InChI is InChI=1S/C11H14N2O/c1-9(2)7-13-8-10(6-12-13)11-4-3-5-14-11/h3-6,8-9H,7H2,1-2H3. The predicted molar refractivity (Wildman–Crippen MR) is 54.8 cm³/mol. The number of rotatable bonds is 3. The third kappa shape index (κ3) is 1.87. The van der Waals surface area contributed by atoms with Crippen LogP contribution in [0, 0.1) is 5.92 Å². The van der Waals surface area contributed by atoms with Gasteiger partial charge in [0.2, 0.25) is 0 Å². The highest BCUT2D eigenvalue weighted by atomic mass is 16.3. The van der Waals surface area contributed by atoms with E-state index in [0.717, 1.165) is 17.9 Å². The lowest BCUT2D eigenvalue weighted by Gasteiger charge is -2.02. The van der Waals surface area contributed by atoms with Crippen LogP contribution in [0.2, 0.25) is 0 Å². The summed E-state index contributed by atoms with van der Waals surface area (Å²) in [5, 5.41) is 4.27. The Balaban J connectivity index is 2.18. The smallest absolute Gasteiger partial charge is 0.137 e. The second-order valence-electron chi connectivity index (χ2n) is 3.82. The number of aromatic nitrogens is 2. The van der Waals surface area contributed by atoms with Gasteiger partial charge in [-0.25, -0.2) is 0 Å². The summed E-state index contributed by atoms with van der Waals surface area (Å²) in [4.78, 5) is 0. The summed E-state index contributed by atoms with van der Waals surface area (Å²) in [5.41, 5.74) is 1.04. The van der Waals surface area contributed by atoms with Crippen molar-refractivity contribution in [3.8, 4) is 11.3 Å². The molecule has 2 aromatic rings. The lowest BCUT2D eigenvalue weighted by Crippen LogP contribution is -2.03. The van der Waals surface area contributed by atoms with Crippen molar-refractivity contribution in [2.24, 2.45) is 5.92 Å². The zero-order valence-electron chi connectivity index (χ0n) is 8.47. The molecule has 0 atom stereocenters. The first-order chi connectivity index (χ1) is 6.75. The molecule has 0 N–H and O–H groups in total. The maximum Gasteiger partial charge on any atom is 0.137 e. The molecule has 2 aromatic heterocycles. The van der Waals surface area contributed by atoms with E-state index in [2.05, 4.69) is 18.9 Å². The van der Waals surface area contributed by atoms with Crippen molar-refractivity contribution in [3.63, 3.8) is 0 Å². The molecule has 0 saturated heterocycles. The summed E-state index contributed by atoms with van der Waals surface area (Å²) in [7, 11) is 0. The molecule has 0 aliphatic heterocycles. The third-order valence-electron chi connectivity index (χ3n) is 1.99. The van der Waals surface area contributed by atoms with Crippen LogP contribution in [0.5, 0.6) is 0 Å². The minimum atomic E-state index is 0.611. The Hall–Kier alpha value is -1.51. The van der Waals surface area contributed by atoms with Crippen LogP contribution in [0.25, 0.3) is 11.3 Å². The van der Waals surface area contributed by atoms with Gasteiger partial charge in [-0.05, 0) is 18.1 Å². The van der Waals surface area contributed by atoms with Crippen molar-refractivity contribution in [1.82, 2.24) is 9.78 Å². The number of furan rings is 1. The van der Waals surface area contributed by atoms with Gasteiger partial charge < -0.3 is 4.42 Å². The first-order valence-corrected chi connectivity index (χ1v) is 4.82. The zero-order chi connectivity index (χ0) is 9.97. The van der Waals surface area contributed by atoms with E-state index in [1.807, 2.05) is 29.2 Å². The molecule has 0 aromatic carbocycles. The van der Waals surface area contributed by atoms with Crippen LogP contribution in [0.15, 0.2) is 35.2 Å². The van der Waals surface area contributed by atoms with Gasteiger partial charge in [-0.2, -0.15) is 5.10 Å². The Kier molecular flexibility index (Phi) is 2.39. The molecule has 74 valence electrons. The molecule has 0 bridgehead atoms. The summed E-state index contributed by atoms with van der Waals surface area (Å²) in [5.74, 6) is 1.49. The van der Waals surface area contributed by atoms with Crippen molar-refractivity contribution in [3.05, 3.63) is 30.8 Å². The molecule has 0 aliphatic rings. The maximum atomic E-state index is 5.28.